The standard InChI is InChI=1S/C11H19N5O3/c1-8(12-3)6-13-11(17)4-5-15-7-10(16(18)19)14-9(15)2/h7-8,12H,4-6H2,1-3H3,(H,13,17). The Morgan fingerprint density at radius 1 is 1.63 bits per heavy atom. The van der Waals surface area contributed by atoms with Crippen molar-refractivity contribution in [1.29, 1.82) is 0 Å². The fraction of sp³-hybridized carbons (Fsp3) is 0.636. The van der Waals surface area contributed by atoms with E-state index in [1.165, 1.54) is 6.20 Å². The third kappa shape index (κ3) is 4.66. The van der Waals surface area contributed by atoms with Gasteiger partial charge in [-0.15, -0.1) is 0 Å². The molecule has 1 heterocycles. The molecule has 0 radical (unpaired) electrons. The van der Waals surface area contributed by atoms with Crippen LogP contribution < -0.4 is 10.6 Å². The highest BCUT2D eigenvalue weighted by Crippen LogP contribution is 2.10. The molecule has 8 nitrogen and oxygen atoms in total. The van der Waals surface area contributed by atoms with E-state index in [2.05, 4.69) is 15.6 Å². The zero-order valence-corrected chi connectivity index (χ0v) is 11.3. The van der Waals surface area contributed by atoms with Crippen LogP contribution in [0, 0.1) is 17.0 Å². The molecular formula is C11H19N5O3. The molecule has 1 rings (SSSR count). The Morgan fingerprint density at radius 3 is 2.84 bits per heavy atom. The second kappa shape index (κ2) is 6.83. The molecule has 0 fully saturated rings. The topological polar surface area (TPSA) is 102 Å². The molecule has 0 aliphatic carbocycles. The van der Waals surface area contributed by atoms with Crippen LogP contribution in [0.4, 0.5) is 5.82 Å². The summed E-state index contributed by atoms with van der Waals surface area (Å²) < 4.78 is 1.61. The minimum atomic E-state index is -0.543. The molecule has 0 aliphatic heterocycles. The summed E-state index contributed by atoms with van der Waals surface area (Å²) in [6, 6.07) is 0.208. The van der Waals surface area contributed by atoms with Crippen molar-refractivity contribution in [2.24, 2.45) is 0 Å². The monoisotopic (exact) mass is 269 g/mol. The summed E-state index contributed by atoms with van der Waals surface area (Å²) in [5, 5.41) is 16.4. The SMILES string of the molecule is CNC(C)CNC(=O)CCn1cc([N+](=O)[O-])nc1C. The zero-order valence-electron chi connectivity index (χ0n) is 11.3. The molecular weight excluding hydrogens is 250 g/mol. The number of carbonyl (C=O) groups is 1. The first-order chi connectivity index (χ1) is 8.93. The van der Waals surface area contributed by atoms with E-state index in [1.54, 1.807) is 11.5 Å². The van der Waals surface area contributed by atoms with Crippen LogP contribution in [0.3, 0.4) is 0 Å². The number of amides is 1. The number of aryl methyl sites for hydroxylation is 2. The second-order valence-electron chi connectivity index (χ2n) is 4.34. The first-order valence-corrected chi connectivity index (χ1v) is 6.06. The van der Waals surface area contributed by atoms with Crippen molar-refractivity contribution in [2.45, 2.75) is 32.9 Å². The number of nitro groups is 1. The predicted octanol–water partition coefficient (Wildman–Crippen LogP) is 0.214. The Labute approximate surface area is 111 Å². The Balaban J connectivity index is 2.44. The summed E-state index contributed by atoms with van der Waals surface area (Å²) in [7, 11) is 1.82. The molecule has 19 heavy (non-hydrogen) atoms. The molecule has 1 unspecified atom stereocenters. The summed E-state index contributed by atoms with van der Waals surface area (Å²) in [4.78, 5) is 25.4. The van der Waals surface area contributed by atoms with Crippen LogP contribution in [-0.2, 0) is 11.3 Å². The van der Waals surface area contributed by atoms with Gasteiger partial charge in [0.15, 0.2) is 0 Å². The van der Waals surface area contributed by atoms with Gasteiger partial charge in [0.05, 0.1) is 0 Å². The highest BCUT2D eigenvalue weighted by Gasteiger charge is 2.15. The van der Waals surface area contributed by atoms with E-state index < -0.39 is 4.92 Å². The molecule has 106 valence electrons. The lowest BCUT2D eigenvalue weighted by Crippen LogP contribution is -2.37. The number of hydrogen-bond donors (Lipinski definition) is 2. The second-order valence-corrected chi connectivity index (χ2v) is 4.34. The van der Waals surface area contributed by atoms with Gasteiger partial charge in [-0.3, -0.25) is 4.79 Å². The fourth-order valence-electron chi connectivity index (χ4n) is 1.49. The van der Waals surface area contributed by atoms with Gasteiger partial charge in [0, 0.05) is 32.5 Å². The lowest BCUT2D eigenvalue weighted by atomic mass is 10.3. The summed E-state index contributed by atoms with van der Waals surface area (Å²) in [5.41, 5.74) is 0. The minimum Gasteiger partial charge on any atom is -0.358 e. The number of hydrogen-bond acceptors (Lipinski definition) is 5. The van der Waals surface area contributed by atoms with Crippen molar-refractivity contribution in [1.82, 2.24) is 20.2 Å². The van der Waals surface area contributed by atoms with E-state index in [9.17, 15) is 14.9 Å². The van der Waals surface area contributed by atoms with Crippen LogP contribution in [0.5, 0.6) is 0 Å². The van der Waals surface area contributed by atoms with Gasteiger partial charge in [-0.2, -0.15) is 0 Å². The maximum Gasteiger partial charge on any atom is 0.381 e. The Bertz CT molecular complexity index is 457. The van der Waals surface area contributed by atoms with E-state index in [0.717, 1.165) is 0 Å². The molecule has 0 bridgehead atoms. The van der Waals surface area contributed by atoms with Crippen molar-refractivity contribution in [3.63, 3.8) is 0 Å². The molecule has 1 atom stereocenters. The lowest BCUT2D eigenvalue weighted by molar-refractivity contribution is -0.389. The molecule has 0 spiro atoms. The van der Waals surface area contributed by atoms with Crippen molar-refractivity contribution in [2.75, 3.05) is 13.6 Å². The maximum absolute atomic E-state index is 11.6. The number of aromatic nitrogens is 2. The quantitative estimate of drug-likeness (QED) is 0.544. The average molecular weight is 269 g/mol. The summed E-state index contributed by atoms with van der Waals surface area (Å²) in [6.45, 7) is 4.57. The van der Waals surface area contributed by atoms with Gasteiger partial charge in [-0.05, 0) is 23.9 Å². The van der Waals surface area contributed by atoms with Crippen LogP contribution >= 0.6 is 0 Å². The summed E-state index contributed by atoms with van der Waals surface area (Å²) >= 11 is 0. The van der Waals surface area contributed by atoms with Gasteiger partial charge in [0.2, 0.25) is 11.7 Å². The molecule has 0 saturated heterocycles. The van der Waals surface area contributed by atoms with Crippen molar-refractivity contribution in [3.8, 4) is 0 Å². The van der Waals surface area contributed by atoms with E-state index in [0.29, 0.717) is 18.9 Å². The number of nitrogens with one attached hydrogen (secondary N) is 2. The lowest BCUT2D eigenvalue weighted by Gasteiger charge is -2.11. The summed E-state index contributed by atoms with van der Waals surface area (Å²) in [5.74, 6) is 0.252. The fourth-order valence-corrected chi connectivity index (χ4v) is 1.49. The van der Waals surface area contributed by atoms with Gasteiger partial charge in [-0.25, -0.2) is 0 Å². The van der Waals surface area contributed by atoms with Crippen LogP contribution in [0.25, 0.3) is 0 Å². The van der Waals surface area contributed by atoms with Crippen LogP contribution in [0.2, 0.25) is 0 Å². The third-order valence-electron chi connectivity index (χ3n) is 2.83. The molecule has 8 heteroatoms. The first kappa shape index (κ1) is 15.1. The largest absolute Gasteiger partial charge is 0.381 e. The van der Waals surface area contributed by atoms with Crippen LogP contribution in [0.15, 0.2) is 6.20 Å². The predicted molar refractivity (Wildman–Crippen MR) is 69.8 cm³/mol. The number of rotatable bonds is 7. The molecule has 0 aromatic carbocycles. The minimum absolute atomic E-state index is 0.0853. The van der Waals surface area contributed by atoms with Gasteiger partial charge in [-0.1, -0.05) is 0 Å². The molecule has 1 amide bonds. The maximum atomic E-state index is 11.6. The van der Waals surface area contributed by atoms with Crippen LogP contribution in [-0.4, -0.2) is 40.0 Å². The van der Waals surface area contributed by atoms with Gasteiger partial charge >= 0.3 is 5.82 Å². The van der Waals surface area contributed by atoms with Crippen molar-refractivity contribution >= 4 is 11.7 Å². The number of carbonyl (C=O) groups excluding carboxylic acids is 1. The molecule has 0 saturated carbocycles. The molecule has 2 N–H and O–H groups in total. The van der Waals surface area contributed by atoms with Crippen molar-refractivity contribution in [3.05, 3.63) is 22.1 Å². The summed E-state index contributed by atoms with van der Waals surface area (Å²) in [6.07, 6.45) is 1.61. The van der Waals surface area contributed by atoms with E-state index in [-0.39, 0.29) is 24.2 Å². The average Bonchev–Trinajstić information content (AvgIpc) is 2.75. The Morgan fingerprint density at radius 2 is 2.32 bits per heavy atom. The van der Waals surface area contributed by atoms with E-state index in [4.69, 9.17) is 0 Å². The van der Waals surface area contributed by atoms with E-state index >= 15 is 0 Å². The molecule has 0 aliphatic rings. The number of imidazole rings is 1. The van der Waals surface area contributed by atoms with Gasteiger partial charge < -0.3 is 25.3 Å². The van der Waals surface area contributed by atoms with Gasteiger partial charge in [0.1, 0.15) is 6.20 Å². The third-order valence-corrected chi connectivity index (χ3v) is 2.83. The van der Waals surface area contributed by atoms with Crippen molar-refractivity contribution < 1.29 is 9.72 Å². The van der Waals surface area contributed by atoms with E-state index in [1.807, 2.05) is 14.0 Å². The van der Waals surface area contributed by atoms with Gasteiger partial charge in [0.25, 0.3) is 0 Å². The first-order valence-electron chi connectivity index (χ1n) is 6.06. The molecule has 1 aromatic heterocycles. The highest BCUT2D eigenvalue weighted by atomic mass is 16.6. The zero-order chi connectivity index (χ0) is 14.4. The normalized spacial score (nSPS) is 12.2. The van der Waals surface area contributed by atoms with Crippen LogP contribution in [0.1, 0.15) is 19.2 Å². The number of likely N-dealkylation sites (N-methyl/N-ethyl adjacent to an activating group) is 1. The molecule has 1 aromatic rings. The Hall–Kier alpha value is -1.96. The Kier molecular flexibility index (Phi) is 5.43. The smallest absolute Gasteiger partial charge is 0.358 e. The number of nitrogens with zero attached hydrogens (tertiary/aromatic N) is 3. The highest BCUT2D eigenvalue weighted by molar-refractivity contribution is 5.75.